The van der Waals surface area contributed by atoms with Gasteiger partial charge in [-0.15, -0.1) is 0 Å². The van der Waals surface area contributed by atoms with Crippen LogP contribution >= 0.6 is 11.8 Å². The number of carbonyl (C=O) groups excluding carboxylic acids is 1. The number of amides is 1. The first kappa shape index (κ1) is 20.7. The topological polar surface area (TPSA) is 67.0 Å². The molecule has 0 radical (unpaired) electrons. The molecule has 4 aromatic rings. The fourth-order valence-electron chi connectivity index (χ4n) is 3.01. The van der Waals surface area contributed by atoms with E-state index in [0.717, 1.165) is 28.3 Å². The van der Waals surface area contributed by atoms with Gasteiger partial charge in [-0.3, -0.25) is 4.79 Å². The molecule has 156 valence electrons. The minimum atomic E-state index is -0.308. The lowest BCUT2D eigenvalue weighted by molar-refractivity contribution is -0.113. The second-order valence-corrected chi connectivity index (χ2v) is 7.67. The van der Waals surface area contributed by atoms with Crippen LogP contribution in [0.4, 0.5) is 10.1 Å². The predicted octanol–water partition coefficient (Wildman–Crippen LogP) is 5.62. The van der Waals surface area contributed by atoms with Crippen molar-refractivity contribution >= 4 is 23.4 Å². The number of anilines is 1. The normalized spacial score (nSPS) is 10.6. The van der Waals surface area contributed by atoms with Crippen LogP contribution in [0.1, 0.15) is 0 Å². The maximum absolute atomic E-state index is 13.3. The van der Waals surface area contributed by atoms with Crippen LogP contribution in [0.2, 0.25) is 0 Å². The van der Waals surface area contributed by atoms with Crippen LogP contribution in [-0.2, 0) is 4.79 Å². The van der Waals surface area contributed by atoms with E-state index in [4.69, 9.17) is 4.74 Å². The van der Waals surface area contributed by atoms with E-state index in [1.807, 2.05) is 54.6 Å². The molecule has 0 fully saturated rings. The second-order valence-electron chi connectivity index (χ2n) is 6.70. The van der Waals surface area contributed by atoms with Crippen molar-refractivity contribution in [1.82, 2.24) is 9.97 Å². The number of aromatic amines is 1. The number of nitrogens with zero attached hydrogens (tertiary/aromatic N) is 1. The number of nitrogens with one attached hydrogen (secondary N) is 2. The molecular formula is C24H20FN3O2S. The summed E-state index contributed by atoms with van der Waals surface area (Å²) < 4.78 is 18.6. The molecule has 0 aliphatic rings. The largest absolute Gasteiger partial charge is 0.497 e. The van der Waals surface area contributed by atoms with Gasteiger partial charge in [0.05, 0.1) is 18.6 Å². The minimum absolute atomic E-state index is 0.122. The number of carbonyl (C=O) groups is 1. The zero-order chi connectivity index (χ0) is 21.6. The number of hydrogen-bond acceptors (Lipinski definition) is 4. The second kappa shape index (κ2) is 9.49. The summed E-state index contributed by atoms with van der Waals surface area (Å²) in [7, 11) is 1.62. The number of rotatable bonds is 7. The molecule has 1 heterocycles. The van der Waals surface area contributed by atoms with Crippen molar-refractivity contribution in [1.29, 1.82) is 0 Å². The number of hydrogen-bond donors (Lipinski definition) is 2. The average Bonchev–Trinajstić information content (AvgIpc) is 3.23. The lowest BCUT2D eigenvalue weighted by Crippen LogP contribution is -2.13. The first-order valence-corrected chi connectivity index (χ1v) is 10.6. The van der Waals surface area contributed by atoms with Crippen LogP contribution in [0.15, 0.2) is 83.9 Å². The molecule has 7 heteroatoms. The van der Waals surface area contributed by atoms with Crippen LogP contribution in [-0.4, -0.2) is 28.7 Å². The third-order valence-corrected chi connectivity index (χ3v) is 5.54. The highest BCUT2D eigenvalue weighted by Gasteiger charge is 2.16. The summed E-state index contributed by atoms with van der Waals surface area (Å²) in [6, 6.07) is 23.0. The summed E-state index contributed by atoms with van der Waals surface area (Å²) in [4.78, 5) is 20.4. The van der Waals surface area contributed by atoms with Gasteiger partial charge in [0.25, 0.3) is 0 Å². The van der Waals surface area contributed by atoms with E-state index >= 15 is 0 Å². The van der Waals surface area contributed by atoms with Crippen LogP contribution in [0.5, 0.6) is 5.75 Å². The molecule has 0 saturated heterocycles. The van der Waals surface area contributed by atoms with Gasteiger partial charge in [-0.2, -0.15) is 0 Å². The number of ether oxygens (including phenoxy) is 1. The van der Waals surface area contributed by atoms with E-state index in [2.05, 4.69) is 15.3 Å². The summed E-state index contributed by atoms with van der Waals surface area (Å²) in [5.74, 6) is 1.13. The highest BCUT2D eigenvalue weighted by atomic mass is 32.2. The molecule has 1 amide bonds. The maximum Gasteiger partial charge on any atom is 0.234 e. The summed E-state index contributed by atoms with van der Waals surface area (Å²) in [5, 5.41) is 3.56. The summed E-state index contributed by atoms with van der Waals surface area (Å²) in [6.07, 6.45) is 0. The molecule has 4 rings (SSSR count). The number of para-hydroxylation sites is 1. The van der Waals surface area contributed by atoms with Crippen molar-refractivity contribution in [3.8, 4) is 28.4 Å². The minimum Gasteiger partial charge on any atom is -0.497 e. The summed E-state index contributed by atoms with van der Waals surface area (Å²) in [6.45, 7) is 0. The molecule has 5 nitrogen and oxygen atoms in total. The highest BCUT2D eigenvalue weighted by Crippen LogP contribution is 2.33. The van der Waals surface area contributed by atoms with E-state index in [9.17, 15) is 9.18 Å². The van der Waals surface area contributed by atoms with Crippen molar-refractivity contribution in [3.63, 3.8) is 0 Å². The van der Waals surface area contributed by atoms with E-state index in [1.165, 1.54) is 23.9 Å². The summed E-state index contributed by atoms with van der Waals surface area (Å²) >= 11 is 1.34. The van der Waals surface area contributed by atoms with Gasteiger partial charge in [0, 0.05) is 16.8 Å². The zero-order valence-electron chi connectivity index (χ0n) is 16.8. The Bertz CT molecular complexity index is 1160. The first-order valence-electron chi connectivity index (χ1n) is 9.60. The van der Waals surface area contributed by atoms with Crippen LogP contribution in [0.3, 0.4) is 0 Å². The standard InChI is InChI=1S/C24H20FN3O2S/c1-30-20-13-9-16(10-14-20)22-24(28-23(27-22)17-7-11-18(25)12-8-17)31-15-21(29)26-19-5-3-2-4-6-19/h2-14H,15H2,1H3,(H,26,29)(H,27,28). The molecule has 0 spiro atoms. The van der Waals surface area contributed by atoms with Crippen molar-refractivity contribution in [3.05, 3.63) is 84.7 Å². The van der Waals surface area contributed by atoms with E-state index in [-0.39, 0.29) is 17.5 Å². The third kappa shape index (κ3) is 5.13. The number of aromatic nitrogens is 2. The van der Waals surface area contributed by atoms with E-state index in [1.54, 1.807) is 19.2 Å². The number of H-pyrrole nitrogens is 1. The van der Waals surface area contributed by atoms with Crippen molar-refractivity contribution in [2.24, 2.45) is 0 Å². The van der Waals surface area contributed by atoms with Crippen LogP contribution in [0.25, 0.3) is 22.6 Å². The van der Waals surface area contributed by atoms with Gasteiger partial charge in [-0.05, 0) is 60.7 Å². The Balaban J connectivity index is 1.59. The Morgan fingerprint density at radius 2 is 1.68 bits per heavy atom. The zero-order valence-corrected chi connectivity index (χ0v) is 17.6. The van der Waals surface area contributed by atoms with E-state index < -0.39 is 0 Å². The highest BCUT2D eigenvalue weighted by molar-refractivity contribution is 8.00. The molecule has 0 aliphatic heterocycles. The molecular weight excluding hydrogens is 413 g/mol. The number of methoxy groups -OCH3 is 1. The van der Waals surface area contributed by atoms with Gasteiger partial charge in [0.1, 0.15) is 22.4 Å². The van der Waals surface area contributed by atoms with Crippen LogP contribution < -0.4 is 10.1 Å². The molecule has 1 aromatic heterocycles. The molecule has 0 unspecified atom stereocenters. The number of halogens is 1. The predicted molar refractivity (Wildman–Crippen MR) is 122 cm³/mol. The Labute approximate surface area is 183 Å². The molecule has 0 saturated carbocycles. The fraction of sp³-hybridized carbons (Fsp3) is 0.0833. The average molecular weight is 434 g/mol. The lowest BCUT2D eigenvalue weighted by atomic mass is 10.1. The Kier molecular flexibility index (Phi) is 6.33. The summed E-state index contributed by atoms with van der Waals surface area (Å²) in [5.41, 5.74) is 3.21. The third-order valence-electron chi connectivity index (χ3n) is 4.56. The molecule has 0 bridgehead atoms. The first-order chi connectivity index (χ1) is 15.1. The lowest BCUT2D eigenvalue weighted by Gasteiger charge is -2.06. The molecule has 31 heavy (non-hydrogen) atoms. The van der Waals surface area contributed by atoms with E-state index in [0.29, 0.717) is 10.9 Å². The molecule has 0 aliphatic carbocycles. The van der Waals surface area contributed by atoms with Gasteiger partial charge in [0.15, 0.2) is 0 Å². The Morgan fingerprint density at radius 3 is 2.35 bits per heavy atom. The molecule has 0 atom stereocenters. The smallest absolute Gasteiger partial charge is 0.234 e. The van der Waals surface area contributed by atoms with Gasteiger partial charge in [0.2, 0.25) is 5.91 Å². The SMILES string of the molecule is COc1ccc(-c2[nH]c(-c3ccc(F)cc3)nc2SCC(=O)Nc2ccccc2)cc1. The quantitative estimate of drug-likeness (QED) is 0.371. The monoisotopic (exact) mass is 433 g/mol. The maximum atomic E-state index is 13.3. The number of benzene rings is 3. The number of thioether (sulfide) groups is 1. The fourth-order valence-corrected chi connectivity index (χ4v) is 3.82. The van der Waals surface area contributed by atoms with Gasteiger partial charge in [-0.25, -0.2) is 9.37 Å². The van der Waals surface area contributed by atoms with Gasteiger partial charge < -0.3 is 15.0 Å². The Hall–Kier alpha value is -3.58. The molecule has 2 N–H and O–H groups in total. The van der Waals surface area contributed by atoms with Crippen molar-refractivity contribution < 1.29 is 13.9 Å². The van der Waals surface area contributed by atoms with Gasteiger partial charge >= 0.3 is 0 Å². The Morgan fingerprint density at radius 1 is 1.00 bits per heavy atom. The van der Waals surface area contributed by atoms with Crippen LogP contribution in [0, 0.1) is 5.82 Å². The molecule has 3 aromatic carbocycles. The number of imidazole rings is 1. The van der Waals surface area contributed by atoms with Gasteiger partial charge in [-0.1, -0.05) is 30.0 Å². The van der Waals surface area contributed by atoms with Crippen molar-refractivity contribution in [2.75, 3.05) is 18.2 Å². The van der Waals surface area contributed by atoms with Crippen molar-refractivity contribution in [2.45, 2.75) is 5.03 Å².